The van der Waals surface area contributed by atoms with Gasteiger partial charge in [-0.3, -0.25) is 0 Å². The van der Waals surface area contributed by atoms with Crippen molar-refractivity contribution in [2.24, 2.45) is 5.41 Å². The summed E-state index contributed by atoms with van der Waals surface area (Å²) in [6, 6.07) is 0. The highest BCUT2D eigenvalue weighted by Crippen LogP contribution is 2.47. The van der Waals surface area contributed by atoms with E-state index in [9.17, 15) is 5.11 Å². The summed E-state index contributed by atoms with van der Waals surface area (Å²) < 4.78 is 21.0. The Balaban J connectivity index is 2.33. The second-order valence-corrected chi connectivity index (χ2v) is 22.7. The predicted octanol–water partition coefficient (Wildman–Crippen LogP) is 9.28. The van der Waals surface area contributed by atoms with Crippen molar-refractivity contribution in [1.29, 1.82) is 0 Å². The molecule has 1 fully saturated rings. The van der Waals surface area contributed by atoms with Gasteiger partial charge in [0.2, 0.25) is 0 Å². The molecule has 0 bridgehead atoms. The molecule has 0 aromatic heterocycles. The average molecular weight is 563 g/mol. The Bertz CT molecular complexity index is 906. The van der Waals surface area contributed by atoms with Crippen LogP contribution in [0.2, 0.25) is 22.2 Å². The molecule has 38 heavy (non-hydrogen) atoms. The molecule has 1 unspecified atom stereocenters. The molecule has 0 saturated carbocycles. The van der Waals surface area contributed by atoms with Crippen LogP contribution in [-0.4, -0.2) is 40.5 Å². The summed E-state index contributed by atoms with van der Waals surface area (Å²) in [4.78, 5) is 0. The molecule has 2 atom stereocenters. The zero-order chi connectivity index (χ0) is 29.1. The summed E-state index contributed by atoms with van der Waals surface area (Å²) in [6.07, 6.45) is 13.4. The molecule has 1 saturated heterocycles. The van der Waals surface area contributed by atoms with Gasteiger partial charge in [-0.25, -0.2) is 0 Å². The normalized spacial score (nSPS) is 26.3. The lowest BCUT2D eigenvalue weighted by molar-refractivity contribution is 0.143. The highest BCUT2D eigenvalue weighted by molar-refractivity contribution is 6.84. The van der Waals surface area contributed by atoms with E-state index in [0.717, 1.165) is 12.0 Å². The molecule has 218 valence electrons. The molecule has 6 heteroatoms. The van der Waals surface area contributed by atoms with Gasteiger partial charge in [-0.1, -0.05) is 93.0 Å². The van der Waals surface area contributed by atoms with E-state index in [1.807, 2.05) is 25.2 Å². The fraction of sp³-hybridized carbons (Fsp3) is 0.750. The van der Waals surface area contributed by atoms with Crippen LogP contribution in [0.4, 0.5) is 0 Å². The lowest BCUT2D eigenvalue weighted by atomic mass is 9.72. The first-order valence-electron chi connectivity index (χ1n) is 14.9. The molecule has 2 aliphatic rings. The molecule has 0 aromatic carbocycles. The predicted molar refractivity (Wildman–Crippen MR) is 167 cm³/mol. The van der Waals surface area contributed by atoms with Gasteiger partial charge in [0.05, 0.1) is 18.3 Å². The fourth-order valence-corrected chi connectivity index (χ4v) is 17.4. The molecule has 4 nitrogen and oxygen atoms in total. The van der Waals surface area contributed by atoms with Crippen LogP contribution in [0.1, 0.15) is 109 Å². The monoisotopic (exact) mass is 562 g/mol. The van der Waals surface area contributed by atoms with Crippen LogP contribution >= 0.6 is 0 Å². The van der Waals surface area contributed by atoms with E-state index in [0.29, 0.717) is 28.8 Å². The van der Waals surface area contributed by atoms with E-state index < -0.39 is 22.7 Å². The van der Waals surface area contributed by atoms with Gasteiger partial charge < -0.3 is 18.1 Å². The largest absolute Gasteiger partial charge is 0.414 e. The van der Waals surface area contributed by atoms with E-state index in [1.54, 1.807) is 0 Å². The van der Waals surface area contributed by atoms with E-state index in [-0.39, 0.29) is 11.5 Å². The number of rotatable bonds is 9. The van der Waals surface area contributed by atoms with Crippen molar-refractivity contribution in [3.05, 3.63) is 47.1 Å². The van der Waals surface area contributed by atoms with Crippen LogP contribution in [0, 0.1) is 5.41 Å². The topological polar surface area (TPSA) is 47.9 Å². The van der Waals surface area contributed by atoms with Crippen LogP contribution in [0.3, 0.4) is 0 Å². The van der Waals surface area contributed by atoms with Crippen molar-refractivity contribution in [2.45, 2.75) is 143 Å². The van der Waals surface area contributed by atoms with Crippen molar-refractivity contribution in [3.63, 3.8) is 0 Å². The SMILES string of the molecule is CC1=C(/C=C/C(C)(O)/C=C/C=C(\C)[C@H]2CO[Si](C(C)C)(C(C)C)O[Si](C(C)C)(C(C)C)O2)C(C)(C)CCC1. The molecule has 2 rings (SSSR count). The molecule has 0 amide bonds. The van der Waals surface area contributed by atoms with E-state index in [2.05, 4.69) is 95.2 Å². The summed E-state index contributed by atoms with van der Waals surface area (Å²) in [5.74, 6) is 0. The maximum Gasteiger partial charge on any atom is 0.335 e. The molecule has 1 N–H and O–H groups in total. The maximum atomic E-state index is 11.1. The Morgan fingerprint density at radius 1 is 0.974 bits per heavy atom. The molecule has 0 aromatic rings. The summed E-state index contributed by atoms with van der Waals surface area (Å²) in [7, 11) is -5.10. The first kappa shape index (κ1) is 33.4. The van der Waals surface area contributed by atoms with Crippen molar-refractivity contribution < 1.29 is 18.1 Å². The van der Waals surface area contributed by atoms with Gasteiger partial charge in [0, 0.05) is 0 Å². The van der Waals surface area contributed by atoms with Gasteiger partial charge in [-0.05, 0) is 90.9 Å². The minimum atomic E-state index is -2.60. The smallest absolute Gasteiger partial charge is 0.335 e. The van der Waals surface area contributed by atoms with Gasteiger partial charge in [0.1, 0.15) is 0 Å². The number of hydrogen-bond donors (Lipinski definition) is 1. The van der Waals surface area contributed by atoms with Gasteiger partial charge >= 0.3 is 17.1 Å². The third kappa shape index (κ3) is 7.49. The lowest BCUT2D eigenvalue weighted by Gasteiger charge is -2.45. The minimum absolute atomic E-state index is 0.153. The summed E-state index contributed by atoms with van der Waals surface area (Å²) in [5.41, 5.74) is 4.33. The number of aliphatic hydroxyl groups is 1. The van der Waals surface area contributed by atoms with Gasteiger partial charge in [-0.15, -0.1) is 0 Å². The second kappa shape index (κ2) is 12.8. The zero-order valence-electron chi connectivity index (χ0n) is 26.8. The third-order valence-electron chi connectivity index (χ3n) is 8.76. The van der Waals surface area contributed by atoms with Crippen LogP contribution in [0.5, 0.6) is 0 Å². The van der Waals surface area contributed by atoms with E-state index in [4.69, 9.17) is 13.0 Å². The van der Waals surface area contributed by atoms with E-state index >= 15 is 0 Å². The molecule has 1 heterocycles. The summed E-state index contributed by atoms with van der Waals surface area (Å²) in [5, 5.41) is 11.1. The third-order valence-corrected chi connectivity index (χ3v) is 19.0. The first-order valence-corrected chi connectivity index (χ1v) is 18.8. The zero-order valence-corrected chi connectivity index (χ0v) is 28.8. The summed E-state index contributed by atoms with van der Waals surface area (Å²) >= 11 is 0. The minimum Gasteiger partial charge on any atom is -0.414 e. The van der Waals surface area contributed by atoms with Crippen LogP contribution in [0.25, 0.3) is 0 Å². The van der Waals surface area contributed by atoms with E-state index in [1.165, 1.54) is 24.0 Å². The Morgan fingerprint density at radius 3 is 2.03 bits per heavy atom. The highest BCUT2D eigenvalue weighted by Gasteiger charge is 2.59. The van der Waals surface area contributed by atoms with Crippen molar-refractivity contribution in [1.82, 2.24) is 0 Å². The molecule has 0 spiro atoms. The molecule has 0 radical (unpaired) electrons. The number of hydrogen-bond acceptors (Lipinski definition) is 4. The van der Waals surface area contributed by atoms with Crippen LogP contribution in [-0.2, 0) is 13.0 Å². The fourth-order valence-electron chi connectivity index (χ4n) is 6.22. The molecule has 1 aliphatic carbocycles. The quantitative estimate of drug-likeness (QED) is 0.225. The Hall–Kier alpha value is -0.766. The standard InChI is InChI=1S/C32H58O4Si2/c1-23(2)37(24(3)4)34-22-30(35-38(36-37,25(5)6)26(7)8)28(10)17-15-20-32(13,33)21-18-29-27(9)16-14-19-31(29,11)12/h15,17-18,20-21,23-26,30,33H,14,16,19,22H2,1-13H3/b20-15+,21-18+,28-17+/t30-,32?/m1/s1. The summed E-state index contributed by atoms with van der Waals surface area (Å²) in [6.45, 7) is 29.3. The first-order chi connectivity index (χ1) is 17.4. The molecular formula is C32H58O4Si2. The molecule has 1 aliphatic heterocycles. The maximum absolute atomic E-state index is 11.1. The van der Waals surface area contributed by atoms with Gasteiger partial charge in [0.25, 0.3) is 0 Å². The lowest BCUT2D eigenvalue weighted by Crippen LogP contribution is -2.59. The van der Waals surface area contributed by atoms with Crippen LogP contribution in [0.15, 0.2) is 47.1 Å². The average Bonchev–Trinajstić information content (AvgIpc) is 2.98. The van der Waals surface area contributed by atoms with Crippen molar-refractivity contribution in [3.8, 4) is 0 Å². The Kier molecular flexibility index (Phi) is 11.3. The Morgan fingerprint density at radius 2 is 1.53 bits per heavy atom. The van der Waals surface area contributed by atoms with Crippen molar-refractivity contribution >= 4 is 17.1 Å². The van der Waals surface area contributed by atoms with Crippen LogP contribution < -0.4 is 0 Å². The van der Waals surface area contributed by atoms with Crippen molar-refractivity contribution in [2.75, 3.05) is 6.61 Å². The Labute approximate surface area is 237 Å². The second-order valence-electron chi connectivity index (χ2n) is 13.8. The highest BCUT2D eigenvalue weighted by atomic mass is 28.5. The molecular weight excluding hydrogens is 505 g/mol. The van der Waals surface area contributed by atoms with Gasteiger partial charge in [0.15, 0.2) is 0 Å². The number of allylic oxidation sites excluding steroid dienone is 5. The van der Waals surface area contributed by atoms with Gasteiger partial charge in [-0.2, -0.15) is 0 Å².